The van der Waals surface area contributed by atoms with Gasteiger partial charge in [0.15, 0.2) is 0 Å². The van der Waals surface area contributed by atoms with E-state index in [0.717, 1.165) is 30.1 Å². The third-order valence-electron chi connectivity index (χ3n) is 6.11. The van der Waals surface area contributed by atoms with Gasteiger partial charge in [0, 0.05) is 38.1 Å². The van der Waals surface area contributed by atoms with Crippen molar-refractivity contribution in [2.75, 3.05) is 13.1 Å². The molecule has 4 heterocycles. The minimum absolute atomic E-state index is 0.126. The minimum atomic E-state index is -0.917. The lowest BCUT2D eigenvalue weighted by atomic mass is 9.88. The molecule has 0 aromatic heterocycles. The van der Waals surface area contributed by atoms with Crippen LogP contribution in [0.5, 0.6) is 0 Å². The maximum Gasteiger partial charge on any atom is 0.262 e. The molecule has 4 aliphatic rings. The van der Waals surface area contributed by atoms with Gasteiger partial charge in [-0.05, 0) is 30.5 Å². The van der Waals surface area contributed by atoms with Crippen molar-refractivity contribution in [3.05, 3.63) is 34.9 Å². The first-order valence-corrected chi connectivity index (χ1v) is 9.34. The van der Waals surface area contributed by atoms with E-state index in [0.29, 0.717) is 23.2 Å². The molecule has 3 fully saturated rings. The van der Waals surface area contributed by atoms with E-state index in [4.69, 9.17) is 0 Å². The lowest BCUT2D eigenvalue weighted by Gasteiger charge is -2.53. The van der Waals surface area contributed by atoms with Crippen LogP contribution in [0.1, 0.15) is 45.5 Å². The highest BCUT2D eigenvalue weighted by Gasteiger charge is 2.45. The van der Waals surface area contributed by atoms with E-state index in [1.165, 1.54) is 6.42 Å². The van der Waals surface area contributed by atoms with Crippen molar-refractivity contribution in [2.24, 2.45) is 0 Å². The molecule has 8 heteroatoms. The van der Waals surface area contributed by atoms with Crippen molar-refractivity contribution < 1.29 is 19.2 Å². The highest BCUT2D eigenvalue weighted by atomic mass is 16.2. The van der Waals surface area contributed by atoms with Crippen LogP contribution in [0.2, 0.25) is 0 Å². The number of fused-ring (bicyclic) bond motifs is 3. The zero-order chi connectivity index (χ0) is 18.7. The third kappa shape index (κ3) is 2.51. The minimum Gasteiger partial charge on any atom is -0.314 e. The molecule has 4 aliphatic heterocycles. The average molecular weight is 368 g/mol. The smallest absolute Gasteiger partial charge is 0.262 e. The Morgan fingerprint density at radius 2 is 1.74 bits per heavy atom. The van der Waals surface area contributed by atoms with Gasteiger partial charge in [0.05, 0.1) is 11.1 Å². The molecule has 3 atom stereocenters. The number of piperidine rings is 2. The number of carbonyl (C=O) groups is 4. The largest absolute Gasteiger partial charge is 0.314 e. The molecule has 2 bridgehead atoms. The lowest BCUT2D eigenvalue weighted by Crippen LogP contribution is -2.67. The van der Waals surface area contributed by atoms with Crippen molar-refractivity contribution >= 4 is 23.6 Å². The van der Waals surface area contributed by atoms with Crippen LogP contribution in [0.4, 0.5) is 0 Å². The number of hydrogen-bond acceptors (Lipinski definition) is 6. The van der Waals surface area contributed by atoms with Crippen LogP contribution in [-0.2, 0) is 16.1 Å². The van der Waals surface area contributed by atoms with E-state index in [1.807, 2.05) is 6.07 Å². The summed E-state index contributed by atoms with van der Waals surface area (Å²) in [4.78, 5) is 52.5. The summed E-state index contributed by atoms with van der Waals surface area (Å²) in [6.45, 7) is 2.73. The topological polar surface area (TPSA) is 98.8 Å². The van der Waals surface area contributed by atoms with Crippen LogP contribution >= 0.6 is 0 Å². The zero-order valence-electron chi connectivity index (χ0n) is 14.7. The maximum atomic E-state index is 12.9. The molecule has 3 unspecified atom stereocenters. The Morgan fingerprint density at radius 1 is 1.00 bits per heavy atom. The zero-order valence-corrected chi connectivity index (χ0v) is 14.7. The van der Waals surface area contributed by atoms with Crippen LogP contribution in [0.3, 0.4) is 0 Å². The summed E-state index contributed by atoms with van der Waals surface area (Å²) in [5.74, 6) is -1.86. The van der Waals surface area contributed by atoms with Crippen molar-refractivity contribution in [3.8, 4) is 0 Å². The Hall–Kier alpha value is -2.58. The molecule has 4 amide bonds. The third-order valence-corrected chi connectivity index (χ3v) is 6.11. The second-order valence-corrected chi connectivity index (χ2v) is 7.70. The van der Waals surface area contributed by atoms with Crippen LogP contribution < -0.4 is 10.6 Å². The van der Waals surface area contributed by atoms with E-state index in [2.05, 4.69) is 15.5 Å². The second-order valence-electron chi connectivity index (χ2n) is 7.70. The molecule has 0 aliphatic carbocycles. The van der Waals surface area contributed by atoms with Gasteiger partial charge in [-0.2, -0.15) is 0 Å². The van der Waals surface area contributed by atoms with Gasteiger partial charge in [0.25, 0.3) is 11.8 Å². The molecule has 8 nitrogen and oxygen atoms in total. The molecule has 140 valence electrons. The number of benzene rings is 1. The van der Waals surface area contributed by atoms with Crippen LogP contribution in [0.25, 0.3) is 0 Å². The second kappa shape index (κ2) is 5.97. The Balaban J connectivity index is 1.38. The van der Waals surface area contributed by atoms with E-state index >= 15 is 0 Å². The van der Waals surface area contributed by atoms with Gasteiger partial charge < -0.3 is 5.32 Å². The van der Waals surface area contributed by atoms with E-state index in [-0.39, 0.29) is 18.7 Å². The van der Waals surface area contributed by atoms with E-state index in [1.54, 1.807) is 12.1 Å². The first-order valence-electron chi connectivity index (χ1n) is 9.34. The molecule has 0 spiro atoms. The molecule has 0 radical (unpaired) electrons. The van der Waals surface area contributed by atoms with Crippen molar-refractivity contribution in [2.45, 2.75) is 43.9 Å². The summed E-state index contributed by atoms with van der Waals surface area (Å²) >= 11 is 0. The summed E-state index contributed by atoms with van der Waals surface area (Å²) in [7, 11) is 0. The fraction of sp³-hybridized carbons (Fsp3) is 0.474. The van der Waals surface area contributed by atoms with Crippen LogP contribution in [0.15, 0.2) is 18.2 Å². The van der Waals surface area contributed by atoms with E-state index in [9.17, 15) is 19.2 Å². The van der Waals surface area contributed by atoms with Gasteiger partial charge in [-0.3, -0.25) is 34.3 Å². The highest BCUT2D eigenvalue weighted by Crippen LogP contribution is 2.32. The Morgan fingerprint density at radius 3 is 2.44 bits per heavy atom. The average Bonchev–Trinajstić information content (AvgIpc) is 2.91. The highest BCUT2D eigenvalue weighted by molar-refractivity contribution is 6.23. The van der Waals surface area contributed by atoms with E-state index < -0.39 is 23.8 Å². The van der Waals surface area contributed by atoms with Crippen molar-refractivity contribution in [1.82, 2.24) is 20.4 Å². The first kappa shape index (κ1) is 16.6. The number of hydrogen-bond donors (Lipinski definition) is 2. The fourth-order valence-electron chi connectivity index (χ4n) is 4.65. The van der Waals surface area contributed by atoms with Gasteiger partial charge in [0.2, 0.25) is 11.8 Å². The number of amides is 4. The number of nitrogens with one attached hydrogen (secondary N) is 2. The molecule has 3 saturated heterocycles. The quantitative estimate of drug-likeness (QED) is 0.707. The van der Waals surface area contributed by atoms with Crippen molar-refractivity contribution in [3.63, 3.8) is 0 Å². The molecule has 5 rings (SSSR count). The normalized spacial score (nSPS) is 30.2. The maximum absolute atomic E-state index is 12.9. The molecule has 27 heavy (non-hydrogen) atoms. The monoisotopic (exact) mass is 368 g/mol. The predicted octanol–water partition coefficient (Wildman–Crippen LogP) is -0.366. The van der Waals surface area contributed by atoms with Gasteiger partial charge in [-0.1, -0.05) is 6.07 Å². The Kier molecular flexibility index (Phi) is 3.66. The molecule has 1 aromatic carbocycles. The summed E-state index contributed by atoms with van der Waals surface area (Å²) in [6.07, 6.45) is 1.51. The van der Waals surface area contributed by atoms with Gasteiger partial charge >= 0.3 is 0 Å². The summed E-state index contributed by atoms with van der Waals surface area (Å²) in [5, 5.41) is 5.61. The number of imide groups is 2. The Labute approximate surface area is 155 Å². The summed E-state index contributed by atoms with van der Waals surface area (Å²) in [6, 6.07) is 5.51. The summed E-state index contributed by atoms with van der Waals surface area (Å²) < 4.78 is 0. The Bertz CT molecular complexity index is 868. The van der Waals surface area contributed by atoms with Crippen molar-refractivity contribution in [1.29, 1.82) is 0 Å². The molecule has 1 aromatic rings. The molecule has 0 saturated carbocycles. The fourth-order valence-corrected chi connectivity index (χ4v) is 4.65. The lowest BCUT2D eigenvalue weighted by molar-refractivity contribution is -0.136. The predicted molar refractivity (Wildman–Crippen MR) is 93.7 cm³/mol. The summed E-state index contributed by atoms with van der Waals surface area (Å²) in [5.41, 5.74) is 1.68. The number of carbonyl (C=O) groups excluding carboxylic acids is 4. The van der Waals surface area contributed by atoms with Gasteiger partial charge in [-0.25, -0.2) is 0 Å². The number of rotatable bonds is 3. The molecular weight excluding hydrogens is 348 g/mol. The van der Waals surface area contributed by atoms with Gasteiger partial charge in [-0.15, -0.1) is 0 Å². The first-order chi connectivity index (χ1) is 13.0. The molecular formula is C19H20N4O4. The van der Waals surface area contributed by atoms with Gasteiger partial charge in [0.1, 0.15) is 6.04 Å². The van der Waals surface area contributed by atoms with Crippen LogP contribution in [0, 0.1) is 0 Å². The standard InChI is InChI=1S/C19H20N4O4/c24-16-4-3-15(17(25)21-16)23-18(26)13-2-1-10(5-14(13)19(23)27)9-22-11-6-12(22)8-20-7-11/h1-2,5,11-12,15,20H,3-4,6-9H2,(H,21,24,25). The number of nitrogens with zero attached hydrogens (tertiary/aromatic N) is 2. The molecule has 2 N–H and O–H groups in total. The number of piperazine rings is 1. The van der Waals surface area contributed by atoms with Crippen LogP contribution in [-0.4, -0.2) is 64.6 Å². The SMILES string of the molecule is O=C1CCC(N2C(=O)c3ccc(CN4C5CNCC4C5)cc3C2=O)C(=O)N1.